The van der Waals surface area contributed by atoms with Crippen LogP contribution >= 0.6 is 0 Å². The average molecular weight is 259 g/mol. The van der Waals surface area contributed by atoms with Crippen molar-refractivity contribution in [1.29, 1.82) is 0 Å². The molecule has 0 spiro atoms. The van der Waals surface area contributed by atoms with Gasteiger partial charge in [-0.1, -0.05) is 6.07 Å². The van der Waals surface area contributed by atoms with Gasteiger partial charge < -0.3 is 10.5 Å². The van der Waals surface area contributed by atoms with Gasteiger partial charge in [0.05, 0.1) is 18.4 Å². The number of aryl methyl sites for hydroxylation is 2. The SMILES string of the molecule is Cc1ccc(C(=O)OCCc2cnn(C)c2)cc1N. The molecule has 100 valence electrons. The number of carbonyl (C=O) groups excluding carboxylic acids is 1. The molecule has 0 saturated heterocycles. The van der Waals surface area contributed by atoms with Crippen LogP contribution in [0.3, 0.4) is 0 Å². The number of esters is 1. The minimum absolute atomic E-state index is 0.332. The molecule has 1 aromatic carbocycles. The molecular formula is C14H17N3O2. The molecule has 0 amide bonds. The van der Waals surface area contributed by atoms with E-state index < -0.39 is 0 Å². The van der Waals surface area contributed by atoms with Gasteiger partial charge in [-0.05, 0) is 30.2 Å². The normalized spacial score (nSPS) is 10.4. The van der Waals surface area contributed by atoms with Gasteiger partial charge in [-0.25, -0.2) is 4.79 Å². The fourth-order valence-electron chi connectivity index (χ4n) is 1.71. The molecule has 1 heterocycles. The number of benzene rings is 1. The largest absolute Gasteiger partial charge is 0.462 e. The monoisotopic (exact) mass is 259 g/mol. The summed E-state index contributed by atoms with van der Waals surface area (Å²) in [6.07, 6.45) is 4.32. The lowest BCUT2D eigenvalue weighted by molar-refractivity contribution is 0.0509. The van der Waals surface area contributed by atoms with Crippen molar-refractivity contribution in [2.75, 3.05) is 12.3 Å². The number of rotatable bonds is 4. The topological polar surface area (TPSA) is 70.1 Å². The Morgan fingerprint density at radius 2 is 2.26 bits per heavy atom. The second kappa shape index (κ2) is 5.56. The third kappa shape index (κ3) is 3.34. The van der Waals surface area contributed by atoms with Crippen LogP contribution in [0.5, 0.6) is 0 Å². The van der Waals surface area contributed by atoms with Crippen LogP contribution in [0.25, 0.3) is 0 Å². The fraction of sp³-hybridized carbons (Fsp3) is 0.286. The lowest BCUT2D eigenvalue weighted by atomic mass is 10.1. The highest BCUT2D eigenvalue weighted by Gasteiger charge is 2.08. The van der Waals surface area contributed by atoms with E-state index in [1.54, 1.807) is 23.0 Å². The summed E-state index contributed by atoms with van der Waals surface area (Å²) in [5, 5.41) is 4.05. The van der Waals surface area contributed by atoms with Gasteiger partial charge in [0.1, 0.15) is 0 Å². The van der Waals surface area contributed by atoms with Gasteiger partial charge >= 0.3 is 5.97 Å². The Bertz CT molecular complexity index is 590. The zero-order valence-corrected chi connectivity index (χ0v) is 11.1. The molecule has 0 fully saturated rings. The predicted octanol–water partition coefficient (Wildman–Crippen LogP) is 1.71. The lowest BCUT2D eigenvalue weighted by Gasteiger charge is -2.06. The summed E-state index contributed by atoms with van der Waals surface area (Å²) >= 11 is 0. The van der Waals surface area contributed by atoms with Crippen LogP contribution in [0.4, 0.5) is 5.69 Å². The maximum Gasteiger partial charge on any atom is 0.338 e. The minimum Gasteiger partial charge on any atom is -0.462 e. The molecule has 2 N–H and O–H groups in total. The maximum absolute atomic E-state index is 11.8. The molecule has 2 aromatic rings. The van der Waals surface area contributed by atoms with Crippen molar-refractivity contribution < 1.29 is 9.53 Å². The fourth-order valence-corrected chi connectivity index (χ4v) is 1.71. The summed E-state index contributed by atoms with van der Waals surface area (Å²) in [6, 6.07) is 5.17. The summed E-state index contributed by atoms with van der Waals surface area (Å²) < 4.78 is 6.92. The lowest BCUT2D eigenvalue weighted by Crippen LogP contribution is -2.08. The molecule has 19 heavy (non-hydrogen) atoms. The standard InChI is InChI=1S/C14H17N3O2/c1-10-3-4-12(7-13(10)15)14(18)19-6-5-11-8-16-17(2)9-11/h3-4,7-9H,5-6,15H2,1-2H3. The molecule has 0 bridgehead atoms. The van der Waals surface area contributed by atoms with Crippen LogP contribution in [0.2, 0.25) is 0 Å². The molecule has 0 aliphatic carbocycles. The van der Waals surface area contributed by atoms with Crippen molar-refractivity contribution in [3.8, 4) is 0 Å². The summed E-state index contributed by atoms with van der Waals surface area (Å²) in [4.78, 5) is 11.8. The van der Waals surface area contributed by atoms with E-state index in [2.05, 4.69) is 5.10 Å². The number of hydrogen-bond donors (Lipinski definition) is 1. The van der Waals surface area contributed by atoms with E-state index in [1.165, 1.54) is 0 Å². The molecule has 5 nitrogen and oxygen atoms in total. The zero-order valence-electron chi connectivity index (χ0n) is 11.1. The number of carbonyl (C=O) groups is 1. The zero-order chi connectivity index (χ0) is 13.8. The molecule has 2 rings (SSSR count). The van der Waals surface area contributed by atoms with Crippen LogP contribution in [0.15, 0.2) is 30.6 Å². The quantitative estimate of drug-likeness (QED) is 0.670. The second-order valence-electron chi connectivity index (χ2n) is 4.48. The smallest absolute Gasteiger partial charge is 0.338 e. The number of nitrogens with two attached hydrogens (primary N) is 1. The van der Waals surface area contributed by atoms with Gasteiger partial charge in [0.15, 0.2) is 0 Å². The van der Waals surface area contributed by atoms with Gasteiger partial charge in [-0.3, -0.25) is 4.68 Å². The first-order valence-electron chi connectivity index (χ1n) is 6.07. The third-order valence-corrected chi connectivity index (χ3v) is 2.90. The van der Waals surface area contributed by atoms with Gasteiger partial charge in [0.25, 0.3) is 0 Å². The summed E-state index contributed by atoms with van der Waals surface area (Å²) in [7, 11) is 1.85. The van der Waals surface area contributed by atoms with Crippen molar-refractivity contribution in [2.45, 2.75) is 13.3 Å². The Balaban J connectivity index is 1.89. The van der Waals surface area contributed by atoms with Crippen LogP contribution in [-0.4, -0.2) is 22.4 Å². The summed E-state index contributed by atoms with van der Waals surface area (Å²) in [5.41, 5.74) is 8.83. The highest BCUT2D eigenvalue weighted by Crippen LogP contribution is 2.13. The molecule has 0 saturated carbocycles. The molecule has 0 radical (unpaired) electrons. The van der Waals surface area contributed by atoms with Gasteiger partial charge in [0, 0.05) is 25.4 Å². The average Bonchev–Trinajstić information content (AvgIpc) is 2.78. The van der Waals surface area contributed by atoms with Crippen LogP contribution in [0.1, 0.15) is 21.5 Å². The minimum atomic E-state index is -0.351. The van der Waals surface area contributed by atoms with Crippen LogP contribution < -0.4 is 5.73 Å². The Morgan fingerprint density at radius 1 is 1.47 bits per heavy atom. The number of aromatic nitrogens is 2. The van der Waals surface area contributed by atoms with Crippen molar-refractivity contribution in [3.05, 3.63) is 47.3 Å². The van der Waals surface area contributed by atoms with E-state index in [1.807, 2.05) is 26.2 Å². The molecule has 5 heteroatoms. The van der Waals surface area contributed by atoms with E-state index in [0.29, 0.717) is 24.3 Å². The Kier molecular flexibility index (Phi) is 3.85. The molecule has 0 unspecified atom stereocenters. The summed E-state index contributed by atoms with van der Waals surface area (Å²) in [5.74, 6) is -0.351. The van der Waals surface area contributed by atoms with Crippen LogP contribution in [-0.2, 0) is 18.2 Å². The van der Waals surface area contributed by atoms with E-state index in [-0.39, 0.29) is 5.97 Å². The highest BCUT2D eigenvalue weighted by molar-refractivity contribution is 5.90. The van der Waals surface area contributed by atoms with Crippen LogP contribution in [0, 0.1) is 6.92 Å². The first-order valence-corrected chi connectivity index (χ1v) is 6.07. The second-order valence-corrected chi connectivity index (χ2v) is 4.48. The third-order valence-electron chi connectivity index (χ3n) is 2.90. The van der Waals surface area contributed by atoms with Gasteiger partial charge in [-0.2, -0.15) is 5.10 Å². The molecular weight excluding hydrogens is 242 g/mol. The first kappa shape index (κ1) is 13.1. The van der Waals surface area contributed by atoms with Crippen molar-refractivity contribution in [2.24, 2.45) is 7.05 Å². The molecule has 0 aliphatic rings. The number of nitrogens with zero attached hydrogens (tertiary/aromatic N) is 2. The maximum atomic E-state index is 11.8. The predicted molar refractivity (Wildman–Crippen MR) is 72.8 cm³/mol. The Labute approximate surface area is 112 Å². The van der Waals surface area contributed by atoms with E-state index in [0.717, 1.165) is 11.1 Å². The van der Waals surface area contributed by atoms with Crippen molar-refractivity contribution in [1.82, 2.24) is 9.78 Å². The van der Waals surface area contributed by atoms with Crippen molar-refractivity contribution >= 4 is 11.7 Å². The molecule has 0 atom stereocenters. The molecule has 0 aliphatic heterocycles. The van der Waals surface area contributed by atoms with Crippen molar-refractivity contribution in [3.63, 3.8) is 0 Å². The van der Waals surface area contributed by atoms with E-state index in [9.17, 15) is 4.79 Å². The first-order chi connectivity index (χ1) is 9.06. The number of nitrogen functional groups attached to an aromatic ring is 1. The molecule has 1 aromatic heterocycles. The van der Waals surface area contributed by atoms with E-state index in [4.69, 9.17) is 10.5 Å². The van der Waals surface area contributed by atoms with Gasteiger partial charge in [0.2, 0.25) is 0 Å². The van der Waals surface area contributed by atoms with E-state index >= 15 is 0 Å². The number of anilines is 1. The van der Waals surface area contributed by atoms with Gasteiger partial charge in [-0.15, -0.1) is 0 Å². The number of hydrogen-bond acceptors (Lipinski definition) is 4. The Morgan fingerprint density at radius 3 is 2.89 bits per heavy atom. The highest BCUT2D eigenvalue weighted by atomic mass is 16.5. The summed E-state index contributed by atoms with van der Waals surface area (Å²) in [6.45, 7) is 2.23. The number of ether oxygens (including phenoxy) is 1. The Hall–Kier alpha value is -2.30.